The van der Waals surface area contributed by atoms with Crippen molar-refractivity contribution in [3.05, 3.63) is 65.9 Å². The summed E-state index contributed by atoms with van der Waals surface area (Å²) < 4.78 is 25.0. The van der Waals surface area contributed by atoms with Crippen LogP contribution in [0.3, 0.4) is 0 Å². The molecule has 2 aromatic carbocycles. The smallest absolute Gasteiger partial charge is 0.288 e. The van der Waals surface area contributed by atoms with Gasteiger partial charge in [-0.15, -0.1) is 0 Å². The van der Waals surface area contributed by atoms with Gasteiger partial charge in [-0.25, -0.2) is 0 Å². The van der Waals surface area contributed by atoms with E-state index < -0.39 is 11.8 Å². The molecule has 2 aromatic rings. The van der Waals surface area contributed by atoms with Crippen molar-refractivity contribution >= 4 is 35.3 Å². The van der Waals surface area contributed by atoms with Crippen LogP contribution in [0.2, 0.25) is 0 Å². The van der Waals surface area contributed by atoms with Crippen LogP contribution in [0.15, 0.2) is 59.6 Å². The number of anilines is 1. The molecule has 1 heterocycles. The summed E-state index contributed by atoms with van der Waals surface area (Å²) in [5.74, 6) is -2.98. The SMILES string of the molecule is CC(=O)N1C=Cc2ccccc2C1CC(=O)Nc1cccc(SC(F)F)c1. The summed E-state index contributed by atoms with van der Waals surface area (Å²) in [6, 6.07) is 13.5. The molecule has 4 nitrogen and oxygen atoms in total. The molecule has 3 rings (SSSR count). The average Bonchev–Trinajstić information content (AvgIpc) is 2.61. The van der Waals surface area contributed by atoms with E-state index in [1.807, 2.05) is 30.3 Å². The highest BCUT2D eigenvalue weighted by molar-refractivity contribution is 7.99. The maximum atomic E-state index is 12.6. The predicted molar refractivity (Wildman–Crippen MR) is 102 cm³/mol. The monoisotopic (exact) mass is 388 g/mol. The number of nitrogens with one attached hydrogen (secondary N) is 1. The number of amides is 2. The third-order valence-electron chi connectivity index (χ3n) is 4.19. The second-order valence-corrected chi connectivity index (χ2v) is 7.11. The van der Waals surface area contributed by atoms with Crippen molar-refractivity contribution in [3.63, 3.8) is 0 Å². The summed E-state index contributed by atoms with van der Waals surface area (Å²) in [7, 11) is 0. The van der Waals surface area contributed by atoms with Crippen molar-refractivity contribution in [2.24, 2.45) is 0 Å². The van der Waals surface area contributed by atoms with Gasteiger partial charge in [-0.05, 0) is 35.4 Å². The molecule has 0 fully saturated rings. The molecule has 140 valence electrons. The topological polar surface area (TPSA) is 49.4 Å². The molecule has 0 aromatic heterocycles. The third kappa shape index (κ3) is 4.74. The van der Waals surface area contributed by atoms with Crippen LogP contribution in [0.25, 0.3) is 6.08 Å². The van der Waals surface area contributed by atoms with Gasteiger partial charge in [0.05, 0.1) is 12.5 Å². The Hall–Kier alpha value is -2.67. The quantitative estimate of drug-likeness (QED) is 0.741. The van der Waals surface area contributed by atoms with Crippen LogP contribution in [-0.4, -0.2) is 22.5 Å². The second kappa shape index (κ2) is 8.35. The zero-order chi connectivity index (χ0) is 19.4. The van der Waals surface area contributed by atoms with Gasteiger partial charge in [0, 0.05) is 23.7 Å². The molecule has 1 aliphatic rings. The highest BCUT2D eigenvalue weighted by Gasteiger charge is 2.28. The second-order valence-electron chi connectivity index (χ2n) is 6.05. The molecule has 27 heavy (non-hydrogen) atoms. The third-order valence-corrected chi connectivity index (χ3v) is 4.90. The Balaban J connectivity index is 1.76. The number of fused-ring (bicyclic) bond motifs is 1. The first-order chi connectivity index (χ1) is 12.9. The number of carbonyl (C=O) groups excluding carboxylic acids is 2. The number of rotatable bonds is 5. The summed E-state index contributed by atoms with van der Waals surface area (Å²) in [4.78, 5) is 26.4. The highest BCUT2D eigenvalue weighted by Crippen LogP contribution is 2.33. The number of alkyl halides is 2. The molecule has 0 saturated heterocycles. The lowest BCUT2D eigenvalue weighted by atomic mass is 9.93. The highest BCUT2D eigenvalue weighted by atomic mass is 32.2. The number of nitrogens with zero attached hydrogens (tertiary/aromatic N) is 1. The predicted octanol–water partition coefficient (Wildman–Crippen LogP) is 4.90. The Morgan fingerprint density at radius 1 is 1.19 bits per heavy atom. The molecule has 0 saturated carbocycles. The molecule has 1 atom stereocenters. The van der Waals surface area contributed by atoms with Crippen molar-refractivity contribution in [1.29, 1.82) is 0 Å². The molecule has 1 aliphatic heterocycles. The molecule has 0 radical (unpaired) electrons. The number of halogens is 2. The number of benzene rings is 2. The van der Waals surface area contributed by atoms with E-state index in [1.165, 1.54) is 17.9 Å². The van der Waals surface area contributed by atoms with Crippen molar-refractivity contribution in [1.82, 2.24) is 4.90 Å². The fourth-order valence-corrected chi connectivity index (χ4v) is 3.61. The first kappa shape index (κ1) is 19.1. The van der Waals surface area contributed by atoms with Gasteiger partial charge in [-0.2, -0.15) is 8.78 Å². The van der Waals surface area contributed by atoms with Gasteiger partial charge in [-0.1, -0.05) is 42.1 Å². The van der Waals surface area contributed by atoms with Crippen molar-refractivity contribution in [2.75, 3.05) is 5.32 Å². The maximum absolute atomic E-state index is 12.6. The van der Waals surface area contributed by atoms with Crippen molar-refractivity contribution in [3.8, 4) is 0 Å². The Morgan fingerprint density at radius 3 is 2.70 bits per heavy atom. The van der Waals surface area contributed by atoms with E-state index in [0.29, 0.717) is 22.3 Å². The molecule has 0 aliphatic carbocycles. The zero-order valence-corrected chi connectivity index (χ0v) is 15.4. The number of hydrogen-bond acceptors (Lipinski definition) is 3. The summed E-state index contributed by atoms with van der Waals surface area (Å²) in [5.41, 5.74) is 2.30. The zero-order valence-electron chi connectivity index (χ0n) is 14.6. The average molecular weight is 388 g/mol. The van der Waals surface area contributed by atoms with Gasteiger partial charge >= 0.3 is 0 Å². The van der Waals surface area contributed by atoms with Gasteiger partial charge in [0.2, 0.25) is 11.8 Å². The van der Waals surface area contributed by atoms with Crippen molar-refractivity contribution in [2.45, 2.75) is 30.0 Å². The summed E-state index contributed by atoms with van der Waals surface area (Å²) in [6.07, 6.45) is 3.59. The van der Waals surface area contributed by atoms with Crippen molar-refractivity contribution < 1.29 is 18.4 Å². The summed E-state index contributed by atoms with van der Waals surface area (Å²) in [5, 5.41) is 2.73. The largest absolute Gasteiger partial charge is 0.326 e. The van der Waals surface area contributed by atoms with Crippen LogP contribution in [0, 0.1) is 0 Å². The van der Waals surface area contributed by atoms with Crippen LogP contribution in [0.4, 0.5) is 14.5 Å². The van der Waals surface area contributed by atoms with E-state index in [0.717, 1.165) is 11.1 Å². The summed E-state index contributed by atoms with van der Waals surface area (Å²) in [6.45, 7) is 1.45. The van der Waals surface area contributed by atoms with Gasteiger partial charge < -0.3 is 10.2 Å². The lowest BCUT2D eigenvalue weighted by Gasteiger charge is -2.32. The Kier molecular flexibility index (Phi) is 5.91. The van der Waals surface area contributed by atoms with Crippen LogP contribution < -0.4 is 5.32 Å². The molecule has 0 spiro atoms. The molecule has 0 bridgehead atoms. The summed E-state index contributed by atoms with van der Waals surface area (Å²) >= 11 is 0.424. The van der Waals surface area contributed by atoms with Gasteiger partial charge in [-0.3, -0.25) is 9.59 Å². The fraction of sp³-hybridized carbons (Fsp3) is 0.200. The fourth-order valence-electron chi connectivity index (χ4n) is 3.05. The van der Waals surface area contributed by atoms with Gasteiger partial charge in [0.15, 0.2) is 0 Å². The maximum Gasteiger partial charge on any atom is 0.288 e. The lowest BCUT2D eigenvalue weighted by molar-refractivity contribution is -0.129. The first-order valence-electron chi connectivity index (χ1n) is 8.35. The molecule has 7 heteroatoms. The molecule has 1 unspecified atom stereocenters. The Labute approximate surface area is 160 Å². The Bertz CT molecular complexity index is 886. The first-order valence-corrected chi connectivity index (χ1v) is 9.23. The number of hydrogen-bond donors (Lipinski definition) is 1. The van der Waals surface area contributed by atoms with E-state index in [-0.39, 0.29) is 18.2 Å². The Morgan fingerprint density at radius 2 is 1.96 bits per heavy atom. The van der Waals surface area contributed by atoms with Gasteiger partial charge in [0.1, 0.15) is 0 Å². The minimum atomic E-state index is -2.52. The van der Waals surface area contributed by atoms with E-state index >= 15 is 0 Å². The van der Waals surface area contributed by atoms with E-state index in [9.17, 15) is 18.4 Å². The van der Waals surface area contributed by atoms with Crippen LogP contribution in [0.5, 0.6) is 0 Å². The lowest BCUT2D eigenvalue weighted by Crippen LogP contribution is -2.33. The molecule has 2 amide bonds. The minimum absolute atomic E-state index is 0.0626. The van der Waals surface area contributed by atoms with E-state index in [2.05, 4.69) is 5.32 Å². The van der Waals surface area contributed by atoms with Crippen LogP contribution in [-0.2, 0) is 9.59 Å². The minimum Gasteiger partial charge on any atom is -0.326 e. The normalized spacial score (nSPS) is 15.6. The van der Waals surface area contributed by atoms with E-state index in [1.54, 1.807) is 24.4 Å². The molecule has 1 N–H and O–H groups in total. The molecular weight excluding hydrogens is 370 g/mol. The molecular formula is C20H18F2N2O2S. The number of thioether (sulfide) groups is 1. The van der Waals surface area contributed by atoms with E-state index in [4.69, 9.17) is 0 Å². The van der Waals surface area contributed by atoms with Crippen LogP contribution >= 0.6 is 11.8 Å². The standard InChI is InChI=1S/C20H18F2N2O2S/c1-13(25)24-10-9-14-5-2-3-8-17(14)18(24)12-19(26)23-15-6-4-7-16(11-15)27-20(21)22/h2-11,18,20H,12H2,1H3,(H,23,26). The number of carbonyl (C=O) groups is 2. The van der Waals surface area contributed by atoms with Gasteiger partial charge in [0.25, 0.3) is 5.76 Å². The van der Waals surface area contributed by atoms with Crippen LogP contribution in [0.1, 0.15) is 30.5 Å².